The van der Waals surface area contributed by atoms with Crippen molar-refractivity contribution in [1.82, 2.24) is 4.57 Å². The number of rotatable bonds is 3. The Morgan fingerprint density at radius 2 is 1.12 bits per heavy atom. The van der Waals surface area contributed by atoms with E-state index in [0.717, 1.165) is 111 Å². The fourth-order valence-corrected chi connectivity index (χ4v) is 9.96. The van der Waals surface area contributed by atoms with Crippen LogP contribution in [0.3, 0.4) is 0 Å². The molecule has 2 aliphatic rings. The zero-order chi connectivity index (χ0) is 39.1. The molecule has 0 saturated carbocycles. The Balaban J connectivity index is 0.901. The van der Waals surface area contributed by atoms with Gasteiger partial charge in [-0.1, -0.05) is 103 Å². The third-order valence-corrected chi connectivity index (χ3v) is 12.7. The van der Waals surface area contributed by atoms with Crippen LogP contribution >= 0.6 is 0 Å². The summed E-state index contributed by atoms with van der Waals surface area (Å²) >= 11 is 0. The molecule has 9 aromatic carbocycles. The maximum Gasteiger partial charge on any atom is 0.434 e. The predicted molar refractivity (Wildman–Crippen MR) is 244 cm³/mol. The van der Waals surface area contributed by atoms with Crippen LogP contribution in [-0.4, -0.2) is 11.5 Å². The number of hydrogen-bond acceptors (Lipinski definition) is 4. The minimum Gasteiger partial charge on any atom is -0.551 e. The van der Waals surface area contributed by atoms with E-state index in [-0.39, 0.29) is 6.92 Å². The molecule has 60 heavy (non-hydrogen) atoms. The number of para-hydroxylation sites is 4. The van der Waals surface area contributed by atoms with Gasteiger partial charge in [-0.3, -0.25) is 0 Å². The van der Waals surface area contributed by atoms with Crippen molar-refractivity contribution in [3.05, 3.63) is 182 Å². The zero-order valence-corrected chi connectivity index (χ0v) is 32.0. The normalized spacial score (nSPS) is 12.9. The number of aromatic nitrogens is 1. The molecule has 5 heterocycles. The third kappa shape index (κ3) is 4.42. The molecule has 2 aliphatic heterocycles. The number of ether oxygens (including phenoxy) is 1. The minimum atomic E-state index is -0.347. The Kier molecular flexibility index (Phi) is 6.31. The third-order valence-electron chi connectivity index (χ3n) is 12.7. The van der Waals surface area contributed by atoms with Gasteiger partial charge in [0.25, 0.3) is 0 Å². The summed E-state index contributed by atoms with van der Waals surface area (Å²) in [7, 11) is 0. The van der Waals surface area contributed by atoms with Gasteiger partial charge in [-0.25, -0.2) is 0 Å². The van der Waals surface area contributed by atoms with Gasteiger partial charge in [0.05, 0.1) is 16.4 Å². The van der Waals surface area contributed by atoms with Crippen LogP contribution in [-0.2, 0) is 0 Å². The average molecular weight is 768 g/mol. The summed E-state index contributed by atoms with van der Waals surface area (Å²) in [4.78, 5) is 0. The fourth-order valence-electron chi connectivity index (χ4n) is 9.96. The zero-order valence-electron chi connectivity index (χ0n) is 32.0. The lowest BCUT2D eigenvalue weighted by Gasteiger charge is -2.33. The Morgan fingerprint density at radius 3 is 2.00 bits per heavy atom. The molecule has 0 amide bonds. The molecule has 6 heteroatoms. The van der Waals surface area contributed by atoms with Crippen molar-refractivity contribution < 1.29 is 18.2 Å². The van der Waals surface area contributed by atoms with Gasteiger partial charge in [0.1, 0.15) is 39.6 Å². The lowest BCUT2D eigenvalue weighted by atomic mass is 9.50. The summed E-state index contributed by atoms with van der Waals surface area (Å²) in [5, 5.41) is 6.68. The van der Waals surface area contributed by atoms with E-state index < -0.39 is 0 Å². The summed E-state index contributed by atoms with van der Waals surface area (Å²) in [6.45, 7) is -0.347. The second-order valence-electron chi connectivity index (χ2n) is 15.9. The summed E-state index contributed by atoms with van der Waals surface area (Å²) in [5.74, 6) is 2.46. The van der Waals surface area contributed by atoms with Gasteiger partial charge in [0.2, 0.25) is 0 Å². The van der Waals surface area contributed by atoms with Crippen molar-refractivity contribution in [2.75, 3.05) is 0 Å². The number of benzene rings is 9. The van der Waals surface area contributed by atoms with Crippen LogP contribution in [0.5, 0.6) is 17.2 Å². The maximum absolute atomic E-state index is 6.93. The molecule has 0 atom stereocenters. The first-order valence-corrected chi connectivity index (χ1v) is 20.3. The van der Waals surface area contributed by atoms with Crippen molar-refractivity contribution in [2.24, 2.45) is 0 Å². The lowest BCUT2D eigenvalue weighted by Crippen LogP contribution is -2.53. The van der Waals surface area contributed by atoms with Crippen molar-refractivity contribution in [2.45, 2.75) is 0 Å². The monoisotopic (exact) mass is 767 g/mol. The smallest absolute Gasteiger partial charge is 0.434 e. The van der Waals surface area contributed by atoms with Crippen molar-refractivity contribution in [3.63, 3.8) is 0 Å². The maximum atomic E-state index is 6.93. The van der Waals surface area contributed by atoms with Gasteiger partial charge in [0.15, 0.2) is 0 Å². The van der Waals surface area contributed by atoms with Crippen molar-refractivity contribution in [1.29, 1.82) is 0 Å². The minimum absolute atomic E-state index is 0.347. The molecule has 0 N–H and O–H groups in total. The highest BCUT2D eigenvalue weighted by atomic mass is 16.5. The second-order valence-corrected chi connectivity index (χ2v) is 15.9. The van der Waals surface area contributed by atoms with E-state index in [9.17, 15) is 0 Å². The SMILES string of the molecule is c1cc(-c2cc3c4c(c2)-c2ccccc2OB4c2cc(-c4ccc5oc6ccc7c8ccccc8oc7c6c5c4)ccc2O3)cc(-n2c3ccccc3c3ccccc32)c1. The standard InChI is InChI=1S/C54H30BNO4/c1-5-16-44-36(12-1)37-13-2-6-17-45(37)56(44)35-11-9-10-31(26-35)34-28-41-39-15-4-8-19-48(39)60-55-43-29-33(21-24-49(43)58-51(30-34)53(41)55)32-20-23-47-42(27-32)52-50(57-47)25-22-40-38-14-3-7-18-46(38)59-54(40)52/h1-30H. The van der Waals surface area contributed by atoms with Crippen molar-refractivity contribution >= 4 is 83.5 Å². The van der Waals surface area contributed by atoms with E-state index in [1.165, 1.54) is 21.8 Å². The first-order chi connectivity index (χ1) is 29.7. The Hall–Kier alpha value is -7.96. The van der Waals surface area contributed by atoms with Crippen LogP contribution in [0.15, 0.2) is 191 Å². The molecule has 0 bridgehead atoms. The Labute approximate surface area is 343 Å². The number of fused-ring (bicyclic) bond motifs is 14. The molecule has 278 valence electrons. The molecule has 5 nitrogen and oxygen atoms in total. The van der Waals surface area contributed by atoms with E-state index >= 15 is 0 Å². The number of furan rings is 2. The van der Waals surface area contributed by atoms with Gasteiger partial charge in [-0.2, -0.15) is 0 Å². The van der Waals surface area contributed by atoms with E-state index in [1.54, 1.807) is 0 Å². The molecule has 0 fully saturated rings. The highest BCUT2D eigenvalue weighted by molar-refractivity contribution is 6.84. The topological polar surface area (TPSA) is 49.7 Å². The molecule has 0 spiro atoms. The number of nitrogens with zero attached hydrogens (tertiary/aromatic N) is 1. The van der Waals surface area contributed by atoms with Gasteiger partial charge in [0, 0.05) is 49.1 Å². The van der Waals surface area contributed by atoms with Gasteiger partial charge < -0.3 is 22.8 Å². The Bertz CT molecular complexity index is 3760. The Morgan fingerprint density at radius 1 is 0.400 bits per heavy atom. The van der Waals surface area contributed by atoms with Gasteiger partial charge >= 0.3 is 6.92 Å². The second kappa shape index (κ2) is 11.8. The predicted octanol–water partition coefficient (Wildman–Crippen LogP) is 13.2. The quantitative estimate of drug-likeness (QED) is 0.168. The molecule has 0 unspecified atom stereocenters. The largest absolute Gasteiger partial charge is 0.551 e. The van der Waals surface area contributed by atoms with E-state index in [4.69, 9.17) is 18.2 Å². The van der Waals surface area contributed by atoms with Crippen LogP contribution in [0.25, 0.3) is 105 Å². The number of hydrogen-bond donors (Lipinski definition) is 0. The first kappa shape index (κ1) is 32.1. The molecule has 0 aliphatic carbocycles. The summed E-state index contributed by atoms with van der Waals surface area (Å²) in [6.07, 6.45) is 0. The van der Waals surface area contributed by atoms with E-state index in [1.807, 2.05) is 18.2 Å². The summed E-state index contributed by atoms with van der Waals surface area (Å²) in [6, 6.07) is 64.1. The van der Waals surface area contributed by atoms with Gasteiger partial charge in [-0.15, -0.1) is 0 Å². The highest BCUT2D eigenvalue weighted by Crippen LogP contribution is 2.44. The van der Waals surface area contributed by atoms with Crippen LogP contribution in [0.1, 0.15) is 0 Å². The molecule has 14 rings (SSSR count). The molecular formula is C54H30BNO4. The molecule has 0 radical (unpaired) electrons. The molecule has 12 aromatic rings. The van der Waals surface area contributed by atoms with Gasteiger partial charge in [-0.05, 0) is 107 Å². The fraction of sp³-hybridized carbons (Fsp3) is 0. The van der Waals surface area contributed by atoms with Crippen LogP contribution in [0.2, 0.25) is 0 Å². The van der Waals surface area contributed by atoms with Crippen LogP contribution < -0.4 is 20.3 Å². The molecule has 0 saturated heterocycles. The summed E-state index contributed by atoms with van der Waals surface area (Å²) < 4.78 is 29.0. The summed E-state index contributed by atoms with van der Waals surface area (Å²) in [5.41, 5.74) is 15.4. The lowest BCUT2D eigenvalue weighted by molar-refractivity contribution is 0.479. The van der Waals surface area contributed by atoms with Crippen LogP contribution in [0, 0.1) is 0 Å². The van der Waals surface area contributed by atoms with Crippen LogP contribution in [0.4, 0.5) is 0 Å². The van der Waals surface area contributed by atoms with E-state index in [2.05, 4.69) is 168 Å². The average Bonchev–Trinajstić information content (AvgIpc) is 3.98. The highest BCUT2D eigenvalue weighted by Gasteiger charge is 2.41. The molecular weight excluding hydrogens is 737 g/mol. The van der Waals surface area contributed by atoms with Crippen molar-refractivity contribution in [3.8, 4) is 56.3 Å². The first-order valence-electron chi connectivity index (χ1n) is 20.3. The molecule has 3 aromatic heterocycles. The van der Waals surface area contributed by atoms with E-state index in [0.29, 0.717) is 0 Å².